The molecule has 0 atom stereocenters. The van der Waals surface area contributed by atoms with Crippen LogP contribution in [0.25, 0.3) is 0 Å². The lowest BCUT2D eigenvalue weighted by Gasteiger charge is -2.42. The maximum absolute atomic E-state index is 13.1. The first-order valence-corrected chi connectivity index (χ1v) is 9.02. The molecule has 0 radical (unpaired) electrons. The van der Waals surface area contributed by atoms with Crippen molar-refractivity contribution < 1.29 is 13.2 Å². The van der Waals surface area contributed by atoms with E-state index in [-0.39, 0.29) is 0 Å². The van der Waals surface area contributed by atoms with Gasteiger partial charge in [0.25, 0.3) is 0 Å². The summed E-state index contributed by atoms with van der Waals surface area (Å²) in [6.45, 7) is 4.35. The van der Waals surface area contributed by atoms with Gasteiger partial charge in [0.1, 0.15) is 5.75 Å². The summed E-state index contributed by atoms with van der Waals surface area (Å²) >= 11 is 0. The summed E-state index contributed by atoms with van der Waals surface area (Å²) in [6, 6.07) is 14.6. The van der Waals surface area contributed by atoms with Crippen LogP contribution in [-0.4, -0.2) is 25.4 Å². The number of fused-ring (bicyclic) bond motifs is 1. The third-order valence-electron chi connectivity index (χ3n) is 4.38. The Labute approximate surface area is 137 Å². The molecule has 23 heavy (non-hydrogen) atoms. The highest BCUT2D eigenvalue weighted by Gasteiger charge is 2.40. The van der Waals surface area contributed by atoms with E-state index in [4.69, 9.17) is 4.74 Å². The van der Waals surface area contributed by atoms with Crippen LogP contribution in [0.2, 0.25) is 0 Å². The highest BCUT2D eigenvalue weighted by molar-refractivity contribution is 7.89. The van der Waals surface area contributed by atoms with E-state index in [1.54, 1.807) is 35.7 Å². The van der Waals surface area contributed by atoms with Gasteiger partial charge in [0.15, 0.2) is 0 Å². The molecule has 2 aromatic carbocycles. The number of ether oxygens (including phenoxy) is 1. The lowest BCUT2D eigenvalue weighted by Crippen LogP contribution is -2.51. The van der Waals surface area contributed by atoms with E-state index >= 15 is 0 Å². The largest absolute Gasteiger partial charge is 0.497 e. The summed E-state index contributed by atoms with van der Waals surface area (Å²) in [4.78, 5) is 0.297. The topological polar surface area (TPSA) is 46.6 Å². The molecule has 1 aliphatic rings. The van der Waals surface area contributed by atoms with E-state index in [2.05, 4.69) is 6.07 Å². The summed E-state index contributed by atoms with van der Waals surface area (Å²) in [5.41, 5.74) is 1.83. The predicted octanol–water partition coefficient (Wildman–Crippen LogP) is 3.22. The van der Waals surface area contributed by atoms with Crippen molar-refractivity contribution in [3.8, 4) is 5.75 Å². The molecule has 122 valence electrons. The Balaban J connectivity index is 2.01. The van der Waals surface area contributed by atoms with Gasteiger partial charge in [-0.3, -0.25) is 0 Å². The number of sulfonamides is 1. The van der Waals surface area contributed by atoms with Crippen LogP contribution in [-0.2, 0) is 23.0 Å². The first-order chi connectivity index (χ1) is 10.8. The average Bonchev–Trinajstić information content (AvgIpc) is 2.53. The zero-order chi connectivity index (χ0) is 16.7. The number of benzene rings is 2. The van der Waals surface area contributed by atoms with Crippen molar-refractivity contribution in [2.45, 2.75) is 37.2 Å². The number of hydrogen-bond acceptors (Lipinski definition) is 3. The summed E-state index contributed by atoms with van der Waals surface area (Å²) in [5.74, 6) is 0.646. The van der Waals surface area contributed by atoms with Crippen molar-refractivity contribution in [3.63, 3.8) is 0 Å². The Morgan fingerprint density at radius 2 is 1.61 bits per heavy atom. The van der Waals surface area contributed by atoms with Gasteiger partial charge in [-0.1, -0.05) is 24.3 Å². The van der Waals surface area contributed by atoms with Crippen molar-refractivity contribution in [3.05, 3.63) is 59.7 Å². The quantitative estimate of drug-likeness (QED) is 0.867. The Kier molecular flexibility index (Phi) is 3.94. The smallest absolute Gasteiger partial charge is 0.243 e. The van der Waals surface area contributed by atoms with Gasteiger partial charge < -0.3 is 4.74 Å². The van der Waals surface area contributed by atoms with Crippen LogP contribution in [0.15, 0.2) is 53.4 Å². The summed E-state index contributed by atoms with van der Waals surface area (Å²) in [7, 11) is -2.00. The van der Waals surface area contributed by atoms with Crippen molar-refractivity contribution in [1.29, 1.82) is 0 Å². The van der Waals surface area contributed by atoms with E-state index in [1.807, 2.05) is 32.0 Å². The molecule has 5 heteroatoms. The van der Waals surface area contributed by atoms with Gasteiger partial charge in [0.2, 0.25) is 10.0 Å². The molecule has 0 N–H and O–H groups in total. The first kappa shape index (κ1) is 16.0. The normalized spacial score (nSPS) is 17.5. The predicted molar refractivity (Wildman–Crippen MR) is 89.9 cm³/mol. The monoisotopic (exact) mass is 331 g/mol. The molecule has 0 unspecified atom stereocenters. The molecule has 0 aromatic heterocycles. The molecule has 1 aliphatic heterocycles. The maximum Gasteiger partial charge on any atom is 0.243 e. The minimum Gasteiger partial charge on any atom is -0.497 e. The molecule has 0 spiro atoms. The van der Waals surface area contributed by atoms with Crippen LogP contribution >= 0.6 is 0 Å². The van der Waals surface area contributed by atoms with Gasteiger partial charge in [-0.2, -0.15) is 4.31 Å². The number of nitrogens with zero attached hydrogens (tertiary/aromatic N) is 1. The Hall–Kier alpha value is -1.85. The van der Waals surface area contributed by atoms with Crippen molar-refractivity contribution >= 4 is 10.0 Å². The standard InChI is InChI=1S/C18H21NO3S/c1-18(2)12-14-6-4-5-7-15(14)13-19(18)23(20,21)17-10-8-16(22-3)9-11-17/h4-11H,12-13H2,1-3H3. The summed E-state index contributed by atoms with van der Waals surface area (Å²) in [6.07, 6.45) is 0.707. The van der Waals surface area contributed by atoms with Crippen LogP contribution in [0, 0.1) is 0 Å². The first-order valence-electron chi connectivity index (χ1n) is 7.58. The molecule has 0 saturated carbocycles. The number of methoxy groups -OCH3 is 1. The highest BCUT2D eigenvalue weighted by Crippen LogP contribution is 2.35. The van der Waals surface area contributed by atoms with Crippen LogP contribution in [0.1, 0.15) is 25.0 Å². The third kappa shape index (κ3) is 2.86. The SMILES string of the molecule is COc1ccc(S(=O)(=O)N2Cc3ccccc3CC2(C)C)cc1. The van der Waals surface area contributed by atoms with Crippen LogP contribution in [0.4, 0.5) is 0 Å². The van der Waals surface area contributed by atoms with E-state index in [9.17, 15) is 8.42 Å². The zero-order valence-corrected chi connectivity index (χ0v) is 14.4. The fourth-order valence-electron chi connectivity index (χ4n) is 3.09. The van der Waals surface area contributed by atoms with E-state index in [0.717, 1.165) is 5.56 Å². The Morgan fingerprint density at radius 3 is 2.22 bits per heavy atom. The lowest BCUT2D eigenvalue weighted by atomic mass is 9.88. The van der Waals surface area contributed by atoms with Crippen molar-refractivity contribution in [2.24, 2.45) is 0 Å². The molecule has 0 aliphatic carbocycles. The second-order valence-electron chi connectivity index (χ2n) is 6.45. The fourth-order valence-corrected chi connectivity index (χ4v) is 4.85. The minimum atomic E-state index is -3.56. The van der Waals surface area contributed by atoms with E-state index in [0.29, 0.717) is 23.6 Å². The van der Waals surface area contributed by atoms with Gasteiger partial charge in [0.05, 0.1) is 12.0 Å². The van der Waals surface area contributed by atoms with Gasteiger partial charge in [-0.25, -0.2) is 8.42 Å². The molecule has 0 bridgehead atoms. The Bertz CT molecular complexity index is 810. The molecule has 0 saturated heterocycles. The van der Waals surface area contributed by atoms with Crippen LogP contribution in [0.3, 0.4) is 0 Å². The van der Waals surface area contributed by atoms with Gasteiger partial charge in [-0.05, 0) is 55.7 Å². The van der Waals surface area contributed by atoms with Gasteiger partial charge in [0, 0.05) is 12.1 Å². The summed E-state index contributed by atoms with van der Waals surface area (Å²) in [5, 5.41) is 0. The van der Waals surface area contributed by atoms with Crippen molar-refractivity contribution in [2.75, 3.05) is 7.11 Å². The van der Waals surface area contributed by atoms with Gasteiger partial charge >= 0.3 is 0 Å². The fraction of sp³-hybridized carbons (Fsp3) is 0.333. The molecule has 1 heterocycles. The van der Waals surface area contributed by atoms with Crippen LogP contribution < -0.4 is 4.74 Å². The maximum atomic E-state index is 13.1. The summed E-state index contributed by atoms with van der Waals surface area (Å²) < 4.78 is 32.9. The lowest BCUT2D eigenvalue weighted by molar-refractivity contribution is 0.203. The minimum absolute atomic E-state index is 0.297. The number of hydrogen-bond donors (Lipinski definition) is 0. The van der Waals surface area contributed by atoms with E-state index < -0.39 is 15.6 Å². The average molecular weight is 331 g/mol. The van der Waals surface area contributed by atoms with Crippen molar-refractivity contribution in [1.82, 2.24) is 4.31 Å². The molecule has 2 aromatic rings. The second-order valence-corrected chi connectivity index (χ2v) is 8.31. The highest BCUT2D eigenvalue weighted by atomic mass is 32.2. The van der Waals surface area contributed by atoms with E-state index in [1.165, 1.54) is 5.56 Å². The molecular formula is C18H21NO3S. The molecule has 3 rings (SSSR count). The molecule has 4 nitrogen and oxygen atoms in total. The Morgan fingerprint density at radius 1 is 1.00 bits per heavy atom. The zero-order valence-electron chi connectivity index (χ0n) is 13.6. The molecule has 0 amide bonds. The number of rotatable bonds is 3. The molecular weight excluding hydrogens is 310 g/mol. The van der Waals surface area contributed by atoms with Crippen LogP contribution in [0.5, 0.6) is 5.75 Å². The van der Waals surface area contributed by atoms with Gasteiger partial charge in [-0.15, -0.1) is 0 Å². The third-order valence-corrected chi connectivity index (χ3v) is 6.45. The second kappa shape index (κ2) is 5.65. The molecule has 0 fully saturated rings.